The number of hydrogen-bond acceptors (Lipinski definition) is 5. The number of furan rings is 1. The minimum Gasteiger partial charge on any atom is -0.494 e. The van der Waals surface area contributed by atoms with E-state index in [-0.39, 0.29) is 23.9 Å². The molecule has 5 rings (SSSR count). The minimum absolute atomic E-state index is 0.0189. The van der Waals surface area contributed by atoms with E-state index < -0.39 is 12.6 Å². The average Bonchev–Trinajstić information content (AvgIpc) is 3.30. The molecule has 0 unspecified atom stereocenters. The quantitative estimate of drug-likeness (QED) is 0.546. The normalized spacial score (nSPS) is 24.3. The van der Waals surface area contributed by atoms with Crippen molar-refractivity contribution >= 4 is 22.6 Å². The van der Waals surface area contributed by atoms with Gasteiger partial charge in [-0.15, -0.1) is 0 Å². The van der Waals surface area contributed by atoms with Crippen LogP contribution in [0.15, 0.2) is 41.1 Å². The van der Waals surface area contributed by atoms with Gasteiger partial charge in [0.05, 0.1) is 29.6 Å². The number of aliphatic hydroxyl groups excluding tert-OH is 1. The first kappa shape index (κ1) is 17.2. The molecule has 2 aromatic heterocycles. The molecule has 7 heteroatoms. The molecule has 3 atom stereocenters. The summed E-state index contributed by atoms with van der Waals surface area (Å²) < 4.78 is 5.76. The number of amides is 1. The van der Waals surface area contributed by atoms with Crippen molar-refractivity contribution in [1.82, 2.24) is 9.88 Å². The number of para-hydroxylation sites is 1. The molecule has 1 amide bonds. The van der Waals surface area contributed by atoms with Gasteiger partial charge in [-0.25, -0.2) is 0 Å². The van der Waals surface area contributed by atoms with Crippen LogP contribution in [0, 0.1) is 0 Å². The number of carbonyl (C=O) groups is 1. The monoisotopic (exact) mass is 381 g/mol. The van der Waals surface area contributed by atoms with Crippen LogP contribution in [0.3, 0.4) is 0 Å². The number of aromatic hydroxyl groups is 1. The molecule has 0 saturated heterocycles. The van der Waals surface area contributed by atoms with Crippen molar-refractivity contribution in [2.45, 2.75) is 43.8 Å². The molecule has 3 heterocycles. The molecule has 4 N–H and O–H groups in total. The van der Waals surface area contributed by atoms with Crippen LogP contribution in [0.25, 0.3) is 11.0 Å². The number of aromatic amines is 1. The molecule has 1 fully saturated rings. The second-order valence-electron chi connectivity index (χ2n) is 7.62. The summed E-state index contributed by atoms with van der Waals surface area (Å²) in [7, 11) is 0. The number of benzene rings is 1. The molecule has 146 valence electrons. The Balaban J connectivity index is 1.78. The third-order valence-electron chi connectivity index (χ3n) is 6.11. The Morgan fingerprint density at radius 3 is 2.96 bits per heavy atom. The number of hydrogen-bond donors (Lipinski definition) is 4. The fourth-order valence-electron chi connectivity index (χ4n) is 4.91. The summed E-state index contributed by atoms with van der Waals surface area (Å²) in [5.74, 6) is -0.328. The highest BCUT2D eigenvalue weighted by Gasteiger charge is 2.44. The van der Waals surface area contributed by atoms with Crippen LogP contribution in [0.1, 0.15) is 42.9 Å². The highest BCUT2D eigenvalue weighted by atomic mass is 16.3. The zero-order chi connectivity index (χ0) is 19.3. The molecule has 1 saturated carbocycles. The van der Waals surface area contributed by atoms with Crippen LogP contribution >= 0.6 is 0 Å². The Kier molecular flexibility index (Phi) is 4.05. The number of nitrogens with one attached hydrogen (secondary N) is 2. The summed E-state index contributed by atoms with van der Waals surface area (Å²) in [6, 6.07) is 7.12. The van der Waals surface area contributed by atoms with Gasteiger partial charge in [-0.05, 0) is 18.9 Å². The van der Waals surface area contributed by atoms with Gasteiger partial charge in [0.2, 0.25) is 5.91 Å². The average molecular weight is 381 g/mol. The maximum atomic E-state index is 13.0. The van der Waals surface area contributed by atoms with Crippen LogP contribution in [0.5, 0.6) is 5.88 Å². The maximum Gasteiger partial charge on any atom is 0.249 e. The molecular weight excluding hydrogens is 358 g/mol. The van der Waals surface area contributed by atoms with Gasteiger partial charge in [0.25, 0.3) is 0 Å². The highest BCUT2D eigenvalue weighted by Crippen LogP contribution is 2.47. The van der Waals surface area contributed by atoms with E-state index in [0.717, 1.165) is 42.3 Å². The summed E-state index contributed by atoms with van der Waals surface area (Å²) in [5.41, 5.74) is 2.88. The van der Waals surface area contributed by atoms with E-state index in [0.29, 0.717) is 11.1 Å². The standard InChI is InChI=1S/C21H23N3O4/c25-11-17(26)24-16-7-2-1-6-14(16)23-15-10-22-21(27)18(15)19(24)13-5-3-4-12-8-9-28-20(12)13/h3-5,8-10,14,16,19,22-23,25,27H,1-2,6-7,11H2/t14-,16-,19-/m1/s1. The van der Waals surface area contributed by atoms with Crippen LogP contribution in [0.2, 0.25) is 0 Å². The first-order chi connectivity index (χ1) is 13.7. The van der Waals surface area contributed by atoms with E-state index in [1.807, 2.05) is 24.3 Å². The van der Waals surface area contributed by atoms with E-state index in [2.05, 4.69) is 10.3 Å². The van der Waals surface area contributed by atoms with Crippen molar-refractivity contribution in [2.75, 3.05) is 11.9 Å². The van der Waals surface area contributed by atoms with Gasteiger partial charge in [0.15, 0.2) is 5.88 Å². The lowest BCUT2D eigenvalue weighted by Crippen LogP contribution is -2.52. The Morgan fingerprint density at radius 2 is 2.11 bits per heavy atom. The molecule has 7 nitrogen and oxygen atoms in total. The second kappa shape index (κ2) is 6.60. The van der Waals surface area contributed by atoms with Gasteiger partial charge >= 0.3 is 0 Å². The molecule has 0 radical (unpaired) electrons. The molecule has 3 aromatic rings. The van der Waals surface area contributed by atoms with Crippen LogP contribution in [-0.2, 0) is 4.79 Å². The van der Waals surface area contributed by atoms with Crippen molar-refractivity contribution < 1.29 is 19.4 Å². The molecular formula is C21H23N3O4. The Labute approximate surface area is 162 Å². The van der Waals surface area contributed by atoms with Gasteiger partial charge in [-0.2, -0.15) is 0 Å². The van der Waals surface area contributed by atoms with Gasteiger partial charge < -0.3 is 29.8 Å². The van der Waals surface area contributed by atoms with Gasteiger partial charge in [0.1, 0.15) is 12.2 Å². The van der Waals surface area contributed by atoms with E-state index >= 15 is 0 Å². The zero-order valence-electron chi connectivity index (χ0n) is 15.4. The van der Waals surface area contributed by atoms with Crippen molar-refractivity contribution in [3.05, 3.63) is 47.9 Å². The van der Waals surface area contributed by atoms with Crippen LogP contribution < -0.4 is 5.32 Å². The first-order valence-electron chi connectivity index (χ1n) is 9.74. The van der Waals surface area contributed by atoms with Gasteiger partial charge in [0, 0.05) is 23.2 Å². The highest BCUT2D eigenvalue weighted by molar-refractivity contribution is 5.85. The predicted octanol–water partition coefficient (Wildman–Crippen LogP) is 3.11. The number of anilines is 1. The second-order valence-corrected chi connectivity index (χ2v) is 7.62. The van der Waals surface area contributed by atoms with Gasteiger partial charge in [-0.3, -0.25) is 4.79 Å². The number of fused-ring (bicyclic) bond motifs is 3. The summed E-state index contributed by atoms with van der Waals surface area (Å²) in [4.78, 5) is 17.6. The minimum atomic E-state index is -0.575. The molecule has 28 heavy (non-hydrogen) atoms. The lowest BCUT2D eigenvalue weighted by molar-refractivity contribution is -0.139. The summed E-state index contributed by atoms with van der Waals surface area (Å²) in [5, 5.41) is 24.9. The molecule has 2 aliphatic rings. The third kappa shape index (κ3) is 2.50. The van der Waals surface area contributed by atoms with Crippen molar-refractivity contribution in [2.24, 2.45) is 0 Å². The number of aliphatic hydroxyl groups is 1. The Morgan fingerprint density at radius 1 is 1.25 bits per heavy atom. The third-order valence-corrected chi connectivity index (χ3v) is 6.11. The number of aromatic nitrogens is 1. The predicted molar refractivity (Wildman–Crippen MR) is 104 cm³/mol. The zero-order valence-corrected chi connectivity index (χ0v) is 15.4. The molecule has 1 aliphatic heterocycles. The SMILES string of the molecule is O=C(CO)N1[C@H](c2cccc3ccoc23)c2c(c[nH]c2O)N[C@@H]2CCCC[C@H]21. The van der Waals surface area contributed by atoms with Crippen molar-refractivity contribution in [3.8, 4) is 5.88 Å². The number of carbonyl (C=O) groups excluding carboxylic acids is 1. The van der Waals surface area contributed by atoms with E-state index in [9.17, 15) is 15.0 Å². The Bertz CT molecular complexity index is 1020. The fraction of sp³-hybridized carbons (Fsp3) is 0.381. The lowest BCUT2D eigenvalue weighted by atomic mass is 9.87. The fourth-order valence-corrected chi connectivity index (χ4v) is 4.91. The molecule has 0 spiro atoms. The summed E-state index contributed by atoms with van der Waals surface area (Å²) in [6.07, 6.45) is 7.27. The van der Waals surface area contributed by atoms with E-state index in [1.54, 1.807) is 17.4 Å². The largest absolute Gasteiger partial charge is 0.494 e. The first-order valence-corrected chi connectivity index (χ1v) is 9.74. The number of rotatable bonds is 2. The number of nitrogens with zero attached hydrogens (tertiary/aromatic N) is 1. The van der Waals surface area contributed by atoms with Gasteiger partial charge in [-0.1, -0.05) is 31.0 Å². The van der Waals surface area contributed by atoms with Crippen LogP contribution in [-0.4, -0.2) is 44.7 Å². The summed E-state index contributed by atoms with van der Waals surface area (Å²) in [6.45, 7) is -0.575. The smallest absolute Gasteiger partial charge is 0.249 e. The Hall–Kier alpha value is -2.93. The van der Waals surface area contributed by atoms with Crippen LogP contribution in [0.4, 0.5) is 5.69 Å². The summed E-state index contributed by atoms with van der Waals surface area (Å²) >= 11 is 0. The lowest BCUT2D eigenvalue weighted by Gasteiger charge is -2.41. The van der Waals surface area contributed by atoms with Crippen molar-refractivity contribution in [3.63, 3.8) is 0 Å². The van der Waals surface area contributed by atoms with E-state index in [4.69, 9.17) is 4.42 Å². The molecule has 1 aliphatic carbocycles. The molecule has 1 aromatic carbocycles. The number of H-pyrrole nitrogens is 1. The topological polar surface area (TPSA) is 102 Å². The molecule has 0 bridgehead atoms. The van der Waals surface area contributed by atoms with E-state index in [1.165, 1.54) is 0 Å². The maximum absolute atomic E-state index is 13.0. The van der Waals surface area contributed by atoms with Crippen molar-refractivity contribution in [1.29, 1.82) is 0 Å².